The van der Waals surface area contributed by atoms with Gasteiger partial charge in [-0.15, -0.1) is 0 Å². The maximum absolute atomic E-state index is 12.0. The molecule has 0 atom stereocenters. The quantitative estimate of drug-likeness (QED) is 0.148. The lowest BCUT2D eigenvalue weighted by Crippen LogP contribution is -2.05. The summed E-state index contributed by atoms with van der Waals surface area (Å²) in [7, 11) is 0. The summed E-state index contributed by atoms with van der Waals surface area (Å²) in [6.45, 7) is 17.2. The van der Waals surface area contributed by atoms with Crippen molar-refractivity contribution in [2.45, 2.75) is 6.92 Å². The molecule has 0 aliphatic rings. The summed E-state index contributed by atoms with van der Waals surface area (Å²) in [6, 6.07) is 75.0. The monoisotopic (exact) mass is 952 g/mol. The van der Waals surface area contributed by atoms with Crippen LogP contribution in [-0.2, 0) is 0 Å². The molecule has 0 spiro atoms. The fourth-order valence-corrected chi connectivity index (χ4v) is 10.5. The summed E-state index contributed by atoms with van der Waals surface area (Å²) >= 11 is 0. The second-order valence-corrected chi connectivity index (χ2v) is 18.5. The third-order valence-electron chi connectivity index (χ3n) is 14.1. The highest BCUT2D eigenvalue weighted by Gasteiger charge is 2.24. The van der Waals surface area contributed by atoms with Crippen LogP contribution < -0.4 is 0 Å². The molecule has 75 heavy (non-hydrogen) atoms. The van der Waals surface area contributed by atoms with Gasteiger partial charge in [-0.1, -0.05) is 127 Å². The van der Waals surface area contributed by atoms with Crippen molar-refractivity contribution in [3.05, 3.63) is 251 Å². The van der Waals surface area contributed by atoms with E-state index in [0.717, 1.165) is 105 Å². The molecule has 2 aromatic heterocycles. The van der Waals surface area contributed by atoms with Gasteiger partial charge in [0, 0.05) is 21.5 Å². The highest BCUT2D eigenvalue weighted by molar-refractivity contribution is 6.13. The van der Waals surface area contributed by atoms with Crippen molar-refractivity contribution in [3.8, 4) is 91.3 Å². The topological polar surface area (TPSA) is 114 Å². The minimum atomic E-state index is 0.399. The number of hydrogen-bond acceptors (Lipinski definition) is 4. The van der Waals surface area contributed by atoms with Crippen LogP contribution in [0.1, 0.15) is 27.8 Å². The molecule has 0 saturated heterocycles. The predicted molar refractivity (Wildman–Crippen MR) is 298 cm³/mol. The molecule has 12 rings (SSSR count). The van der Waals surface area contributed by atoms with Gasteiger partial charge in [0.1, 0.15) is 11.6 Å². The Kier molecular flexibility index (Phi) is 10.9. The summed E-state index contributed by atoms with van der Waals surface area (Å²) in [5.41, 5.74) is 17.7. The number of nitrogens with zero attached hydrogens (tertiary/aromatic N) is 8. The van der Waals surface area contributed by atoms with Crippen molar-refractivity contribution in [2.24, 2.45) is 0 Å². The van der Waals surface area contributed by atoms with Crippen molar-refractivity contribution in [1.29, 1.82) is 21.0 Å². The molecular formula is C67H36N8. The second kappa shape index (κ2) is 18.2. The zero-order valence-electron chi connectivity index (χ0n) is 40.1. The van der Waals surface area contributed by atoms with Gasteiger partial charge in [0.25, 0.3) is 0 Å². The Hall–Kier alpha value is -11.3. The van der Waals surface area contributed by atoms with Gasteiger partial charge in [-0.2, -0.15) is 21.0 Å². The van der Waals surface area contributed by atoms with E-state index in [1.54, 1.807) is 0 Å². The Bertz CT molecular complexity index is 4140. The average molecular weight is 953 g/mol. The van der Waals surface area contributed by atoms with Crippen LogP contribution in [0, 0.1) is 65.4 Å². The average Bonchev–Trinajstić information content (AvgIpc) is 3.99. The normalized spacial score (nSPS) is 10.9. The largest absolute Gasteiger partial charge is 0.308 e. The SMILES string of the molecule is [C-]#[N+]c1ccc(-c2ccc3c4ccc(-c5ccc(C#N)cc5)cc4n(-c4cc(-c5cc(C)cc(C#N)c5)cc(-n5c6cc(-c7ccc(C#N)cc7)ccc6c6ccc(-c7ccc([N+]#[C-])cc7)cc65)c4C#N)c3c2)cc1. The minimum Gasteiger partial charge on any atom is -0.308 e. The fourth-order valence-electron chi connectivity index (χ4n) is 10.5. The molecule has 0 aliphatic heterocycles. The van der Waals surface area contributed by atoms with Gasteiger partial charge in [-0.3, -0.25) is 0 Å². The molecule has 0 aliphatic carbocycles. The van der Waals surface area contributed by atoms with Gasteiger partial charge in [0.2, 0.25) is 0 Å². The molecule has 0 radical (unpaired) electrons. The third-order valence-corrected chi connectivity index (χ3v) is 14.1. The number of benzene rings is 10. The van der Waals surface area contributed by atoms with Crippen LogP contribution >= 0.6 is 0 Å². The van der Waals surface area contributed by atoms with E-state index in [-0.39, 0.29) is 0 Å². The number of aromatic nitrogens is 2. The van der Waals surface area contributed by atoms with Crippen LogP contribution in [0.25, 0.3) is 120 Å². The van der Waals surface area contributed by atoms with Crippen molar-refractivity contribution < 1.29 is 0 Å². The third kappa shape index (κ3) is 7.76. The van der Waals surface area contributed by atoms with Crippen molar-refractivity contribution in [3.63, 3.8) is 0 Å². The molecule has 0 N–H and O–H groups in total. The highest BCUT2D eigenvalue weighted by atomic mass is 15.0. The number of hydrogen-bond donors (Lipinski definition) is 0. The van der Waals surface area contributed by atoms with E-state index in [2.05, 4.69) is 134 Å². The zero-order valence-corrected chi connectivity index (χ0v) is 40.1. The Morgan fingerprint density at radius 3 is 0.960 bits per heavy atom. The van der Waals surface area contributed by atoms with Crippen molar-refractivity contribution >= 4 is 55.0 Å². The maximum atomic E-state index is 12.0. The Morgan fingerprint density at radius 2 is 0.640 bits per heavy atom. The Labute approximate surface area is 432 Å². The highest BCUT2D eigenvalue weighted by Crippen LogP contribution is 2.44. The minimum absolute atomic E-state index is 0.399. The first kappa shape index (κ1) is 44.9. The number of aryl methyl sites for hydroxylation is 1. The molecule has 0 amide bonds. The van der Waals surface area contributed by atoms with Crippen molar-refractivity contribution in [1.82, 2.24) is 9.13 Å². The van der Waals surface area contributed by atoms with Gasteiger partial charge in [-0.05, 0) is 141 Å². The van der Waals surface area contributed by atoms with Crippen LogP contribution in [0.15, 0.2) is 200 Å². The van der Waals surface area contributed by atoms with Crippen LogP contribution in [0.5, 0.6) is 0 Å². The van der Waals surface area contributed by atoms with E-state index in [0.29, 0.717) is 45.0 Å². The molecule has 10 aromatic carbocycles. The number of nitriles is 4. The van der Waals surface area contributed by atoms with Crippen LogP contribution in [0.3, 0.4) is 0 Å². The second-order valence-electron chi connectivity index (χ2n) is 18.5. The van der Waals surface area contributed by atoms with E-state index in [1.807, 2.05) is 116 Å². The summed E-state index contributed by atoms with van der Waals surface area (Å²) in [5, 5.41) is 45.5. The molecule has 0 saturated carbocycles. The summed E-state index contributed by atoms with van der Waals surface area (Å²) in [5.74, 6) is 0. The first-order valence-corrected chi connectivity index (χ1v) is 24.0. The van der Waals surface area contributed by atoms with Gasteiger partial charge in [0.15, 0.2) is 11.4 Å². The van der Waals surface area contributed by atoms with Gasteiger partial charge >= 0.3 is 0 Å². The Balaban J connectivity index is 1.22. The van der Waals surface area contributed by atoms with Gasteiger partial charge < -0.3 is 9.13 Å². The molecule has 8 heteroatoms. The zero-order chi connectivity index (χ0) is 51.3. The smallest absolute Gasteiger partial charge is 0.187 e. The lowest BCUT2D eigenvalue weighted by Gasteiger charge is -2.19. The first-order valence-electron chi connectivity index (χ1n) is 24.0. The number of fused-ring (bicyclic) bond motifs is 6. The van der Waals surface area contributed by atoms with Crippen molar-refractivity contribution in [2.75, 3.05) is 0 Å². The van der Waals surface area contributed by atoms with E-state index >= 15 is 0 Å². The molecule has 8 nitrogen and oxygen atoms in total. The molecular weight excluding hydrogens is 917 g/mol. The molecule has 12 aromatic rings. The van der Waals surface area contributed by atoms with Crippen LogP contribution in [0.2, 0.25) is 0 Å². The standard InChI is InChI=1S/C67H36N8/c1-41-28-44(39-70)30-53(29-41)54-35-66(74-62-31-49(45-8-4-42(37-68)5-9-45)16-24-57(62)59-26-18-51(33-64(59)74)47-12-20-55(72-2)21-13-47)61(40-71)67(36-54)75-63-32-50(46-10-6-43(38-69)7-11-46)17-25-58(63)60-27-19-52(34-65(60)75)48-14-22-56(73-3)23-15-48/h4-36H,1H3. The fraction of sp³-hybridized carbons (Fsp3) is 0.0149. The summed E-state index contributed by atoms with van der Waals surface area (Å²) in [4.78, 5) is 7.26. The van der Waals surface area contributed by atoms with E-state index in [4.69, 9.17) is 13.1 Å². The Morgan fingerprint density at radius 1 is 0.320 bits per heavy atom. The molecule has 344 valence electrons. The van der Waals surface area contributed by atoms with E-state index in [9.17, 15) is 21.0 Å². The lowest BCUT2D eigenvalue weighted by molar-refractivity contribution is 1.12. The van der Waals surface area contributed by atoms with E-state index < -0.39 is 0 Å². The molecule has 0 unspecified atom stereocenters. The van der Waals surface area contributed by atoms with Gasteiger partial charge in [0.05, 0.1) is 81.5 Å². The predicted octanol–water partition coefficient (Wildman–Crippen LogP) is 17.1. The van der Waals surface area contributed by atoms with E-state index in [1.165, 1.54) is 0 Å². The van der Waals surface area contributed by atoms with Crippen LogP contribution in [0.4, 0.5) is 11.4 Å². The number of rotatable bonds is 7. The first-order chi connectivity index (χ1) is 36.7. The summed E-state index contributed by atoms with van der Waals surface area (Å²) in [6.07, 6.45) is 0. The summed E-state index contributed by atoms with van der Waals surface area (Å²) < 4.78 is 4.36. The lowest BCUT2D eigenvalue weighted by atomic mass is 9.97. The van der Waals surface area contributed by atoms with Gasteiger partial charge in [-0.25, -0.2) is 9.69 Å². The molecule has 0 bridgehead atoms. The van der Waals surface area contributed by atoms with Crippen LogP contribution in [-0.4, -0.2) is 9.13 Å². The molecule has 0 fully saturated rings. The molecule has 2 heterocycles. The maximum Gasteiger partial charge on any atom is 0.187 e.